The molecule has 0 aliphatic carbocycles. The van der Waals surface area contributed by atoms with Gasteiger partial charge in [0, 0.05) is 6.61 Å². The quantitative estimate of drug-likeness (QED) is 0.261. The van der Waals surface area contributed by atoms with Gasteiger partial charge in [-0.3, -0.25) is 0 Å². The van der Waals surface area contributed by atoms with Gasteiger partial charge < -0.3 is 10.6 Å². The lowest BCUT2D eigenvalue weighted by Crippen LogP contribution is -1.85. The molecule has 0 aromatic rings. The van der Waals surface area contributed by atoms with Crippen molar-refractivity contribution in [2.45, 2.75) is 110 Å². The van der Waals surface area contributed by atoms with Gasteiger partial charge in [0.05, 0.1) is 0 Å². The van der Waals surface area contributed by atoms with Gasteiger partial charge in [-0.2, -0.15) is 0 Å². The second kappa shape index (κ2) is 22.9. The maximum atomic E-state index is 8.69. The summed E-state index contributed by atoms with van der Waals surface area (Å²) < 4.78 is 0. The second-order valence-electron chi connectivity index (χ2n) is 6.38. The molecule has 3 N–H and O–H groups in total. The Balaban J connectivity index is 0. The Bertz CT molecular complexity index is 202. The van der Waals surface area contributed by atoms with E-state index in [0.717, 1.165) is 6.42 Å². The molecule has 0 saturated heterocycles. The van der Waals surface area contributed by atoms with Gasteiger partial charge in [-0.15, -0.1) is 0 Å². The molecule has 0 aromatic carbocycles. The molecule has 0 heterocycles. The van der Waals surface area contributed by atoms with Crippen molar-refractivity contribution in [1.82, 2.24) is 0 Å². The second-order valence-corrected chi connectivity index (χ2v) is 6.38. The monoisotopic (exact) mass is 314 g/mol. The standard InChI is InChI=1S/C20H40O.H2O/c1-2-3-4-5-6-7-8-9-10-11-12-13-14-15-16-17-18-19-20-21;/h2-3,21H,4-20H2,1H3;1H2. The van der Waals surface area contributed by atoms with Gasteiger partial charge in [0.1, 0.15) is 0 Å². The van der Waals surface area contributed by atoms with Crippen LogP contribution in [-0.4, -0.2) is 17.2 Å². The van der Waals surface area contributed by atoms with Gasteiger partial charge in [-0.1, -0.05) is 95.6 Å². The minimum Gasteiger partial charge on any atom is -0.412 e. The van der Waals surface area contributed by atoms with E-state index in [1.165, 1.54) is 96.3 Å². The predicted octanol–water partition coefficient (Wildman–Crippen LogP) is 5.97. The van der Waals surface area contributed by atoms with Crippen LogP contribution in [0.25, 0.3) is 0 Å². The van der Waals surface area contributed by atoms with Gasteiger partial charge in [0.2, 0.25) is 0 Å². The van der Waals surface area contributed by atoms with E-state index in [9.17, 15) is 0 Å². The molecule has 0 bridgehead atoms. The topological polar surface area (TPSA) is 51.7 Å². The summed E-state index contributed by atoms with van der Waals surface area (Å²) in [7, 11) is 0. The molecule has 0 saturated carbocycles. The Hall–Kier alpha value is -0.340. The van der Waals surface area contributed by atoms with E-state index in [-0.39, 0.29) is 5.48 Å². The first-order valence-corrected chi connectivity index (χ1v) is 9.64. The third kappa shape index (κ3) is 21.9. The molecule has 0 amide bonds. The molecular formula is C20H42O2. The lowest BCUT2D eigenvalue weighted by Gasteiger charge is -2.03. The zero-order valence-electron chi connectivity index (χ0n) is 15.1. The molecule has 2 heteroatoms. The molecular weight excluding hydrogens is 272 g/mol. The molecule has 22 heavy (non-hydrogen) atoms. The molecule has 134 valence electrons. The molecule has 0 atom stereocenters. The van der Waals surface area contributed by atoms with Crippen LogP contribution < -0.4 is 0 Å². The van der Waals surface area contributed by atoms with Crippen molar-refractivity contribution in [3.8, 4) is 0 Å². The molecule has 0 fully saturated rings. The first-order valence-electron chi connectivity index (χ1n) is 9.64. The highest BCUT2D eigenvalue weighted by molar-refractivity contribution is 4.76. The molecule has 0 spiro atoms. The highest BCUT2D eigenvalue weighted by atomic mass is 16.2. The number of rotatable bonds is 17. The first-order chi connectivity index (χ1) is 10.4. The summed E-state index contributed by atoms with van der Waals surface area (Å²) in [5, 5.41) is 8.69. The third-order valence-electron chi connectivity index (χ3n) is 4.26. The Labute approximate surface area is 139 Å². The van der Waals surface area contributed by atoms with E-state index in [2.05, 4.69) is 19.1 Å². The fourth-order valence-corrected chi connectivity index (χ4v) is 2.84. The maximum absolute atomic E-state index is 8.69. The molecule has 2 nitrogen and oxygen atoms in total. The summed E-state index contributed by atoms with van der Waals surface area (Å²) in [5.41, 5.74) is 0. The third-order valence-corrected chi connectivity index (χ3v) is 4.26. The van der Waals surface area contributed by atoms with Crippen LogP contribution in [-0.2, 0) is 0 Å². The highest BCUT2D eigenvalue weighted by Gasteiger charge is 1.94. The Morgan fingerprint density at radius 3 is 1.18 bits per heavy atom. The summed E-state index contributed by atoms with van der Waals surface area (Å²) in [4.78, 5) is 0. The molecule has 0 unspecified atom stereocenters. The van der Waals surface area contributed by atoms with Gasteiger partial charge in [-0.25, -0.2) is 0 Å². The number of hydrogen-bond acceptors (Lipinski definition) is 1. The van der Waals surface area contributed by atoms with Crippen molar-refractivity contribution in [3.63, 3.8) is 0 Å². The summed E-state index contributed by atoms with van der Waals surface area (Å²) in [6.07, 6.45) is 26.3. The van der Waals surface area contributed by atoms with Crippen molar-refractivity contribution in [2.75, 3.05) is 6.61 Å². The van der Waals surface area contributed by atoms with Crippen LogP contribution in [0, 0.1) is 0 Å². The Morgan fingerprint density at radius 1 is 0.545 bits per heavy atom. The van der Waals surface area contributed by atoms with E-state index in [0.29, 0.717) is 6.61 Å². The SMILES string of the molecule is CC=CCCCCCCCCCCCCCCCCCO.O. The molecule has 0 aromatic heterocycles. The lowest BCUT2D eigenvalue weighted by molar-refractivity contribution is 0.282. The number of aliphatic hydroxyl groups excluding tert-OH is 1. The van der Waals surface area contributed by atoms with Crippen LogP contribution >= 0.6 is 0 Å². The molecule has 0 aliphatic heterocycles. The molecule has 0 radical (unpaired) electrons. The normalized spacial score (nSPS) is 11.0. The Kier molecular flexibility index (Phi) is 24.9. The van der Waals surface area contributed by atoms with Crippen LogP contribution in [0.2, 0.25) is 0 Å². The maximum Gasteiger partial charge on any atom is 0.0431 e. The van der Waals surface area contributed by atoms with E-state index in [1.807, 2.05) is 0 Å². The predicted molar refractivity (Wildman–Crippen MR) is 99.4 cm³/mol. The summed E-state index contributed by atoms with van der Waals surface area (Å²) in [5.74, 6) is 0. The number of allylic oxidation sites excluding steroid dienone is 2. The van der Waals surface area contributed by atoms with Crippen LogP contribution in [0.5, 0.6) is 0 Å². The van der Waals surface area contributed by atoms with E-state index in [1.54, 1.807) is 0 Å². The minimum absolute atomic E-state index is 0. The number of hydrogen-bond donors (Lipinski definition) is 1. The van der Waals surface area contributed by atoms with Crippen molar-refractivity contribution in [2.24, 2.45) is 0 Å². The van der Waals surface area contributed by atoms with Crippen LogP contribution in [0.1, 0.15) is 110 Å². The smallest absolute Gasteiger partial charge is 0.0431 e. The van der Waals surface area contributed by atoms with Crippen LogP contribution in [0.15, 0.2) is 12.2 Å². The fourth-order valence-electron chi connectivity index (χ4n) is 2.84. The lowest BCUT2D eigenvalue weighted by atomic mass is 10.0. The van der Waals surface area contributed by atoms with E-state index < -0.39 is 0 Å². The molecule has 0 rings (SSSR count). The summed E-state index contributed by atoms with van der Waals surface area (Å²) in [6, 6.07) is 0. The number of unbranched alkanes of at least 4 members (excludes halogenated alkanes) is 15. The van der Waals surface area contributed by atoms with Crippen molar-refractivity contribution < 1.29 is 10.6 Å². The zero-order chi connectivity index (χ0) is 15.4. The van der Waals surface area contributed by atoms with E-state index in [4.69, 9.17) is 5.11 Å². The highest BCUT2D eigenvalue weighted by Crippen LogP contribution is 2.13. The fraction of sp³-hybridized carbons (Fsp3) is 0.900. The summed E-state index contributed by atoms with van der Waals surface area (Å²) in [6.45, 7) is 2.48. The van der Waals surface area contributed by atoms with Crippen LogP contribution in [0.4, 0.5) is 0 Å². The van der Waals surface area contributed by atoms with Gasteiger partial charge >= 0.3 is 0 Å². The van der Waals surface area contributed by atoms with Crippen molar-refractivity contribution >= 4 is 0 Å². The average molecular weight is 315 g/mol. The first kappa shape index (κ1) is 23.9. The summed E-state index contributed by atoms with van der Waals surface area (Å²) >= 11 is 0. The van der Waals surface area contributed by atoms with Crippen LogP contribution in [0.3, 0.4) is 0 Å². The average Bonchev–Trinajstić information content (AvgIpc) is 2.50. The minimum atomic E-state index is 0. The van der Waals surface area contributed by atoms with Crippen molar-refractivity contribution in [3.05, 3.63) is 12.2 Å². The largest absolute Gasteiger partial charge is 0.412 e. The zero-order valence-corrected chi connectivity index (χ0v) is 15.1. The van der Waals surface area contributed by atoms with Gasteiger partial charge in [0.15, 0.2) is 0 Å². The number of aliphatic hydroxyl groups is 1. The Morgan fingerprint density at radius 2 is 0.864 bits per heavy atom. The van der Waals surface area contributed by atoms with Gasteiger partial charge in [-0.05, 0) is 26.2 Å². The van der Waals surface area contributed by atoms with Crippen molar-refractivity contribution in [1.29, 1.82) is 0 Å². The van der Waals surface area contributed by atoms with E-state index >= 15 is 0 Å². The molecule has 0 aliphatic rings. The van der Waals surface area contributed by atoms with Gasteiger partial charge in [0.25, 0.3) is 0 Å².